The summed E-state index contributed by atoms with van der Waals surface area (Å²) in [5, 5.41) is 11.8. The number of rotatable bonds is 5. The fourth-order valence-electron chi connectivity index (χ4n) is 1.32. The monoisotopic (exact) mass is 283 g/mol. The van der Waals surface area contributed by atoms with Crippen molar-refractivity contribution in [3.05, 3.63) is 40.9 Å². The Balaban J connectivity index is 2.65. The normalized spacial score (nSPS) is 12.2. The first-order valence-corrected chi connectivity index (χ1v) is 5.88. The average Bonchev–Trinajstić information content (AvgIpc) is 2.43. The summed E-state index contributed by atoms with van der Waals surface area (Å²) in [7, 11) is 1.18. The van der Waals surface area contributed by atoms with Gasteiger partial charge >= 0.3 is 5.97 Å². The number of ether oxygens (including phenoxy) is 1. The maximum atomic E-state index is 11.6. The Bertz CT molecular complexity index is 487. The summed E-state index contributed by atoms with van der Waals surface area (Å²) < 4.78 is 4.43. The molecule has 0 bridgehead atoms. The second-order valence-electron chi connectivity index (χ2n) is 3.62. The van der Waals surface area contributed by atoms with E-state index < -0.39 is 24.5 Å². The highest BCUT2D eigenvalue weighted by atomic mass is 35.5. The molecule has 0 spiro atoms. The molecule has 1 amide bonds. The Morgan fingerprint density at radius 3 is 2.74 bits per heavy atom. The van der Waals surface area contributed by atoms with Crippen LogP contribution in [-0.2, 0) is 14.3 Å². The second kappa shape index (κ2) is 7.56. The summed E-state index contributed by atoms with van der Waals surface area (Å²) in [5.74, 6) is -1.23. The molecule has 0 radical (unpaired) electrons. The number of amides is 1. The standard InChI is InChI=1S/C13H14ClNO4/c1-19-13(18)11(8-16)15-12(17)7-6-9-4-2-3-5-10(9)14/h2-7,11,16H,8H2,1H3,(H,15,17)/b7-6+. The van der Waals surface area contributed by atoms with E-state index in [2.05, 4.69) is 10.1 Å². The van der Waals surface area contributed by atoms with Gasteiger partial charge in [0, 0.05) is 11.1 Å². The third-order valence-electron chi connectivity index (χ3n) is 2.30. The number of benzene rings is 1. The molecule has 0 fully saturated rings. The van der Waals surface area contributed by atoms with Crippen LogP contribution in [0, 0.1) is 0 Å². The fourth-order valence-corrected chi connectivity index (χ4v) is 1.52. The van der Waals surface area contributed by atoms with Gasteiger partial charge in [-0.05, 0) is 17.7 Å². The average molecular weight is 284 g/mol. The van der Waals surface area contributed by atoms with Gasteiger partial charge in [0.25, 0.3) is 0 Å². The summed E-state index contributed by atoms with van der Waals surface area (Å²) in [5.41, 5.74) is 0.679. The van der Waals surface area contributed by atoms with Crippen molar-refractivity contribution in [1.82, 2.24) is 5.32 Å². The number of hydrogen-bond acceptors (Lipinski definition) is 4. The van der Waals surface area contributed by atoms with E-state index in [-0.39, 0.29) is 0 Å². The molecule has 0 aliphatic heterocycles. The van der Waals surface area contributed by atoms with Gasteiger partial charge in [0.15, 0.2) is 6.04 Å². The lowest BCUT2D eigenvalue weighted by atomic mass is 10.2. The van der Waals surface area contributed by atoms with E-state index in [1.54, 1.807) is 24.3 Å². The summed E-state index contributed by atoms with van der Waals surface area (Å²) in [4.78, 5) is 22.7. The van der Waals surface area contributed by atoms with Gasteiger partial charge in [-0.2, -0.15) is 0 Å². The first-order chi connectivity index (χ1) is 9.08. The maximum absolute atomic E-state index is 11.6. The molecule has 5 nitrogen and oxygen atoms in total. The smallest absolute Gasteiger partial charge is 0.330 e. The van der Waals surface area contributed by atoms with Gasteiger partial charge < -0.3 is 15.2 Å². The van der Waals surface area contributed by atoms with Crippen LogP contribution in [0.5, 0.6) is 0 Å². The Morgan fingerprint density at radius 1 is 1.47 bits per heavy atom. The highest BCUT2D eigenvalue weighted by Crippen LogP contribution is 2.15. The number of esters is 1. The van der Waals surface area contributed by atoms with E-state index in [4.69, 9.17) is 16.7 Å². The number of carbonyl (C=O) groups is 2. The van der Waals surface area contributed by atoms with Crippen molar-refractivity contribution in [2.45, 2.75) is 6.04 Å². The van der Waals surface area contributed by atoms with Crippen molar-refractivity contribution in [2.24, 2.45) is 0 Å². The van der Waals surface area contributed by atoms with Crippen LogP contribution in [0.25, 0.3) is 6.08 Å². The number of halogens is 1. The van der Waals surface area contributed by atoms with E-state index in [1.165, 1.54) is 19.3 Å². The van der Waals surface area contributed by atoms with E-state index in [9.17, 15) is 9.59 Å². The first-order valence-electron chi connectivity index (χ1n) is 5.50. The molecule has 19 heavy (non-hydrogen) atoms. The van der Waals surface area contributed by atoms with Crippen molar-refractivity contribution in [3.63, 3.8) is 0 Å². The van der Waals surface area contributed by atoms with Crippen LogP contribution < -0.4 is 5.32 Å². The third kappa shape index (κ3) is 4.73. The fraction of sp³-hybridized carbons (Fsp3) is 0.231. The highest BCUT2D eigenvalue weighted by molar-refractivity contribution is 6.32. The molecular weight excluding hydrogens is 270 g/mol. The number of aliphatic hydroxyl groups is 1. The number of carbonyl (C=O) groups excluding carboxylic acids is 2. The zero-order chi connectivity index (χ0) is 14.3. The third-order valence-corrected chi connectivity index (χ3v) is 2.65. The summed E-state index contributed by atoms with van der Waals surface area (Å²) in [6.45, 7) is -0.529. The van der Waals surface area contributed by atoms with Gasteiger partial charge in [0.2, 0.25) is 5.91 Å². The molecule has 2 N–H and O–H groups in total. The van der Waals surface area contributed by atoms with Crippen molar-refractivity contribution < 1.29 is 19.4 Å². The lowest BCUT2D eigenvalue weighted by molar-refractivity contribution is -0.145. The SMILES string of the molecule is COC(=O)C(CO)NC(=O)/C=C/c1ccccc1Cl. The quantitative estimate of drug-likeness (QED) is 0.624. The number of hydrogen-bond donors (Lipinski definition) is 2. The lowest BCUT2D eigenvalue weighted by Gasteiger charge is -2.11. The molecule has 0 aromatic heterocycles. The van der Waals surface area contributed by atoms with Crippen molar-refractivity contribution in [2.75, 3.05) is 13.7 Å². The van der Waals surface area contributed by atoms with Crippen LogP contribution in [-0.4, -0.2) is 36.7 Å². The van der Waals surface area contributed by atoms with Gasteiger partial charge in [-0.15, -0.1) is 0 Å². The molecule has 0 saturated heterocycles. The molecule has 6 heteroatoms. The summed E-state index contributed by atoms with van der Waals surface area (Å²) >= 11 is 5.92. The minimum atomic E-state index is -1.08. The summed E-state index contributed by atoms with van der Waals surface area (Å²) in [6, 6.07) is 5.93. The van der Waals surface area contributed by atoms with Gasteiger partial charge in [0.1, 0.15) is 0 Å². The molecule has 0 aliphatic rings. The molecule has 0 aliphatic carbocycles. The van der Waals surface area contributed by atoms with E-state index in [0.717, 1.165) is 0 Å². The van der Waals surface area contributed by atoms with Gasteiger partial charge in [0.05, 0.1) is 13.7 Å². The molecule has 102 valence electrons. The number of aliphatic hydroxyl groups excluding tert-OH is 1. The van der Waals surface area contributed by atoms with Gasteiger partial charge in [-0.25, -0.2) is 4.79 Å². The van der Waals surface area contributed by atoms with Gasteiger partial charge in [-0.1, -0.05) is 29.8 Å². The van der Waals surface area contributed by atoms with E-state index in [0.29, 0.717) is 10.6 Å². The highest BCUT2D eigenvalue weighted by Gasteiger charge is 2.19. The molecule has 1 rings (SSSR count). The largest absolute Gasteiger partial charge is 0.467 e. The van der Waals surface area contributed by atoms with Crippen LogP contribution in [0.15, 0.2) is 30.3 Å². The van der Waals surface area contributed by atoms with Crippen molar-refractivity contribution in [3.8, 4) is 0 Å². The Kier molecular flexibility index (Phi) is 6.05. The first kappa shape index (κ1) is 15.2. The molecule has 1 unspecified atom stereocenters. The van der Waals surface area contributed by atoms with E-state index >= 15 is 0 Å². The number of nitrogens with one attached hydrogen (secondary N) is 1. The van der Waals surface area contributed by atoms with Crippen LogP contribution >= 0.6 is 11.6 Å². The molecule has 1 aromatic carbocycles. The predicted molar refractivity (Wildman–Crippen MR) is 71.5 cm³/mol. The topological polar surface area (TPSA) is 75.6 Å². The van der Waals surface area contributed by atoms with Gasteiger partial charge in [-0.3, -0.25) is 4.79 Å². The maximum Gasteiger partial charge on any atom is 0.330 e. The second-order valence-corrected chi connectivity index (χ2v) is 4.03. The van der Waals surface area contributed by atoms with Crippen molar-refractivity contribution >= 4 is 29.6 Å². The van der Waals surface area contributed by atoms with Crippen LogP contribution in [0.4, 0.5) is 0 Å². The molecular formula is C13H14ClNO4. The zero-order valence-electron chi connectivity index (χ0n) is 10.3. The van der Waals surface area contributed by atoms with E-state index in [1.807, 2.05) is 0 Å². The van der Waals surface area contributed by atoms with Crippen LogP contribution in [0.2, 0.25) is 5.02 Å². The Hall–Kier alpha value is -1.85. The molecule has 1 aromatic rings. The zero-order valence-corrected chi connectivity index (χ0v) is 11.1. The molecule has 0 saturated carbocycles. The lowest BCUT2D eigenvalue weighted by Crippen LogP contribution is -2.43. The van der Waals surface area contributed by atoms with Crippen LogP contribution in [0.3, 0.4) is 0 Å². The van der Waals surface area contributed by atoms with Crippen LogP contribution in [0.1, 0.15) is 5.56 Å². The molecule has 0 heterocycles. The van der Waals surface area contributed by atoms with Crippen molar-refractivity contribution in [1.29, 1.82) is 0 Å². The predicted octanol–water partition coefficient (Wildman–Crippen LogP) is 1.00. The summed E-state index contributed by atoms with van der Waals surface area (Å²) in [6.07, 6.45) is 2.75. The minimum absolute atomic E-state index is 0.512. The number of methoxy groups -OCH3 is 1. The molecule has 1 atom stereocenters. The Labute approximate surface area is 115 Å². The minimum Gasteiger partial charge on any atom is -0.467 e. The Morgan fingerprint density at radius 2 is 2.16 bits per heavy atom.